The van der Waals surface area contributed by atoms with E-state index in [9.17, 15) is 19.2 Å². The van der Waals surface area contributed by atoms with Crippen LogP contribution in [0.25, 0.3) is 0 Å². The normalized spacial score (nSPS) is 10.2. The van der Waals surface area contributed by atoms with Crippen molar-refractivity contribution in [2.75, 3.05) is 0 Å². The van der Waals surface area contributed by atoms with Crippen molar-refractivity contribution in [1.82, 2.24) is 9.13 Å². The van der Waals surface area contributed by atoms with Gasteiger partial charge >= 0.3 is 0 Å². The number of hydrogen-bond donors (Lipinski definition) is 0. The molecule has 0 unspecified atom stereocenters. The van der Waals surface area contributed by atoms with E-state index < -0.39 is 22.9 Å². The van der Waals surface area contributed by atoms with Gasteiger partial charge in [-0.05, 0) is 12.1 Å². The van der Waals surface area contributed by atoms with E-state index in [4.69, 9.17) is 0 Å². The fourth-order valence-corrected chi connectivity index (χ4v) is 1.72. The average molecular weight is 272 g/mol. The summed E-state index contributed by atoms with van der Waals surface area (Å²) in [7, 11) is 0. The molecule has 0 saturated carbocycles. The molecule has 2 aromatic rings. The van der Waals surface area contributed by atoms with Crippen LogP contribution in [0.4, 0.5) is 0 Å². The Labute approximate surface area is 113 Å². The van der Waals surface area contributed by atoms with Crippen LogP contribution in [0, 0.1) is 0 Å². The number of carbonyl (C=O) groups is 2. The lowest BCUT2D eigenvalue weighted by atomic mass is 10.2. The zero-order chi connectivity index (χ0) is 14.5. The maximum atomic E-state index is 11.8. The van der Waals surface area contributed by atoms with E-state index in [0.29, 0.717) is 0 Å². The van der Waals surface area contributed by atoms with Crippen LogP contribution in [0.15, 0.2) is 58.4 Å². The molecule has 0 amide bonds. The van der Waals surface area contributed by atoms with Gasteiger partial charge in [0.05, 0.1) is 0 Å². The second-order valence-corrected chi connectivity index (χ2v) is 4.11. The van der Waals surface area contributed by atoms with Crippen LogP contribution in [0.3, 0.4) is 0 Å². The van der Waals surface area contributed by atoms with Crippen LogP contribution in [0.1, 0.15) is 22.4 Å². The average Bonchev–Trinajstić information content (AvgIpc) is 2.45. The van der Waals surface area contributed by atoms with Crippen LogP contribution < -0.4 is 11.1 Å². The third kappa shape index (κ3) is 2.97. The molecule has 0 atom stereocenters. The predicted molar refractivity (Wildman–Crippen MR) is 71.9 cm³/mol. The Morgan fingerprint density at radius 2 is 1.15 bits per heavy atom. The topological polar surface area (TPSA) is 78.1 Å². The van der Waals surface area contributed by atoms with Gasteiger partial charge in [-0.15, -0.1) is 0 Å². The highest BCUT2D eigenvalue weighted by Gasteiger charge is 2.11. The molecule has 20 heavy (non-hydrogen) atoms. The van der Waals surface area contributed by atoms with E-state index in [1.165, 1.54) is 36.7 Å². The van der Waals surface area contributed by atoms with Gasteiger partial charge in [-0.2, -0.15) is 0 Å². The Balaban J connectivity index is 2.07. The number of hydrogen-bond acceptors (Lipinski definition) is 4. The van der Waals surface area contributed by atoms with Crippen molar-refractivity contribution >= 4 is 11.8 Å². The molecule has 0 aromatic carbocycles. The van der Waals surface area contributed by atoms with E-state index in [1.807, 2.05) is 0 Å². The Hall–Kier alpha value is -2.76. The lowest BCUT2D eigenvalue weighted by molar-refractivity contribution is 0.0826. The smallest absolute Gasteiger partial charge is 0.257 e. The quantitative estimate of drug-likeness (QED) is 0.826. The van der Waals surface area contributed by atoms with Gasteiger partial charge in [-0.25, -0.2) is 0 Å². The van der Waals surface area contributed by atoms with Crippen molar-refractivity contribution < 1.29 is 9.59 Å². The number of pyridine rings is 2. The maximum Gasteiger partial charge on any atom is 0.257 e. The van der Waals surface area contributed by atoms with Gasteiger partial charge < -0.3 is 0 Å². The zero-order valence-electron chi connectivity index (χ0n) is 10.6. The monoisotopic (exact) mass is 272 g/mol. The largest absolute Gasteiger partial charge is 0.274 e. The van der Waals surface area contributed by atoms with Gasteiger partial charge in [-0.1, -0.05) is 12.1 Å². The standard InChI is InChI=1S/C14H12N2O4/c17-11-5-1-3-9-15(11)13(19)7-8-14(20)16-10-4-2-6-12(16)18/h1-6,9-10H,7-8H2. The summed E-state index contributed by atoms with van der Waals surface area (Å²) >= 11 is 0. The van der Waals surface area contributed by atoms with Gasteiger partial charge in [0.2, 0.25) is 11.8 Å². The van der Waals surface area contributed by atoms with E-state index in [2.05, 4.69) is 0 Å². The van der Waals surface area contributed by atoms with Crippen molar-refractivity contribution in [3.63, 3.8) is 0 Å². The summed E-state index contributed by atoms with van der Waals surface area (Å²) < 4.78 is 1.89. The first kappa shape index (κ1) is 13.7. The summed E-state index contributed by atoms with van der Waals surface area (Å²) in [6.45, 7) is 0. The van der Waals surface area contributed by atoms with Crippen LogP contribution in [0.2, 0.25) is 0 Å². The molecule has 0 N–H and O–H groups in total. The van der Waals surface area contributed by atoms with Crippen LogP contribution in [-0.2, 0) is 0 Å². The number of nitrogens with zero attached hydrogens (tertiary/aromatic N) is 2. The molecular weight excluding hydrogens is 260 g/mol. The summed E-state index contributed by atoms with van der Waals surface area (Å²) in [5, 5.41) is 0. The minimum absolute atomic E-state index is 0.135. The van der Waals surface area contributed by atoms with E-state index in [0.717, 1.165) is 9.13 Å². The van der Waals surface area contributed by atoms with Gasteiger partial charge in [0.1, 0.15) is 0 Å². The van der Waals surface area contributed by atoms with Gasteiger partial charge in [0.25, 0.3) is 11.1 Å². The molecule has 0 saturated heterocycles. The second kappa shape index (κ2) is 5.92. The molecule has 0 fully saturated rings. The maximum absolute atomic E-state index is 11.8. The summed E-state index contributed by atoms with van der Waals surface area (Å²) in [5.74, 6) is -0.958. The third-order valence-corrected chi connectivity index (χ3v) is 2.74. The first-order chi connectivity index (χ1) is 9.59. The molecule has 0 aliphatic heterocycles. The molecule has 0 spiro atoms. The van der Waals surface area contributed by atoms with Crippen molar-refractivity contribution in [2.24, 2.45) is 0 Å². The molecule has 0 bridgehead atoms. The number of rotatable bonds is 3. The molecule has 6 nitrogen and oxygen atoms in total. The second-order valence-electron chi connectivity index (χ2n) is 4.11. The minimum Gasteiger partial charge on any atom is -0.274 e. The van der Waals surface area contributed by atoms with Gasteiger partial charge in [0.15, 0.2) is 0 Å². The predicted octanol–water partition coefficient (Wildman–Crippen LogP) is 0.771. The first-order valence-corrected chi connectivity index (χ1v) is 6.01. The van der Waals surface area contributed by atoms with Crippen molar-refractivity contribution in [3.8, 4) is 0 Å². The highest BCUT2D eigenvalue weighted by molar-refractivity contribution is 5.86. The van der Waals surface area contributed by atoms with Crippen LogP contribution in [-0.4, -0.2) is 20.9 Å². The minimum atomic E-state index is -0.479. The number of carbonyl (C=O) groups excluding carboxylic acids is 2. The molecule has 2 aromatic heterocycles. The number of aromatic nitrogens is 2. The molecular formula is C14H12N2O4. The lowest BCUT2D eigenvalue weighted by Gasteiger charge is -2.04. The Morgan fingerprint density at radius 1 is 0.750 bits per heavy atom. The molecule has 6 heteroatoms. The Kier molecular flexibility index (Phi) is 4.05. The van der Waals surface area contributed by atoms with Crippen molar-refractivity contribution in [2.45, 2.75) is 12.8 Å². The molecule has 2 heterocycles. The summed E-state index contributed by atoms with van der Waals surface area (Å²) in [5.41, 5.74) is -0.886. The first-order valence-electron chi connectivity index (χ1n) is 6.01. The SMILES string of the molecule is O=C(CCC(=O)n1ccccc1=O)n1ccccc1=O. The highest BCUT2D eigenvalue weighted by Crippen LogP contribution is 1.97. The summed E-state index contributed by atoms with van der Waals surface area (Å²) in [4.78, 5) is 46.5. The molecule has 102 valence electrons. The van der Waals surface area contributed by atoms with Gasteiger partial charge in [0, 0.05) is 37.4 Å². The molecule has 0 aliphatic rings. The molecule has 0 radical (unpaired) electrons. The van der Waals surface area contributed by atoms with Gasteiger partial charge in [-0.3, -0.25) is 28.3 Å². The Bertz CT molecular complexity index is 692. The molecule has 0 aliphatic carbocycles. The fourth-order valence-electron chi connectivity index (χ4n) is 1.72. The Morgan fingerprint density at radius 3 is 1.50 bits per heavy atom. The fraction of sp³-hybridized carbons (Fsp3) is 0.143. The van der Waals surface area contributed by atoms with E-state index in [-0.39, 0.29) is 12.8 Å². The van der Waals surface area contributed by atoms with E-state index >= 15 is 0 Å². The van der Waals surface area contributed by atoms with E-state index in [1.54, 1.807) is 12.1 Å². The van der Waals surface area contributed by atoms with Crippen LogP contribution in [0.5, 0.6) is 0 Å². The summed E-state index contributed by atoms with van der Waals surface area (Å²) in [6, 6.07) is 8.70. The third-order valence-electron chi connectivity index (χ3n) is 2.74. The van der Waals surface area contributed by atoms with Crippen LogP contribution >= 0.6 is 0 Å². The summed E-state index contributed by atoms with van der Waals surface area (Å²) in [6.07, 6.45) is 2.43. The highest BCUT2D eigenvalue weighted by atomic mass is 16.2. The lowest BCUT2D eigenvalue weighted by Crippen LogP contribution is -2.28. The van der Waals surface area contributed by atoms with Crippen molar-refractivity contribution in [1.29, 1.82) is 0 Å². The zero-order valence-corrected chi connectivity index (χ0v) is 10.6. The van der Waals surface area contributed by atoms with Crippen molar-refractivity contribution in [3.05, 3.63) is 69.5 Å². The molecule has 2 rings (SSSR count).